The van der Waals surface area contributed by atoms with E-state index in [9.17, 15) is 0 Å². The van der Waals surface area contributed by atoms with Crippen molar-refractivity contribution in [3.63, 3.8) is 0 Å². The van der Waals surface area contributed by atoms with Crippen molar-refractivity contribution in [1.82, 2.24) is 5.32 Å². The molecule has 18 heavy (non-hydrogen) atoms. The first-order valence-electron chi connectivity index (χ1n) is 6.59. The maximum atomic E-state index is 6.11. The molecule has 3 heteroatoms. The second kappa shape index (κ2) is 7.15. The number of aryl methyl sites for hydroxylation is 2. The Bertz CT molecular complexity index is 367. The third kappa shape index (κ3) is 4.29. The third-order valence-electron chi connectivity index (χ3n) is 3.04. The van der Waals surface area contributed by atoms with E-state index in [-0.39, 0.29) is 6.10 Å². The van der Waals surface area contributed by atoms with Crippen LogP contribution in [-0.4, -0.2) is 19.2 Å². The molecule has 0 aliphatic carbocycles. The lowest BCUT2D eigenvalue weighted by Gasteiger charge is -2.23. The van der Waals surface area contributed by atoms with Gasteiger partial charge in [0.05, 0.1) is 0 Å². The molecule has 0 saturated carbocycles. The topological polar surface area (TPSA) is 21.3 Å². The van der Waals surface area contributed by atoms with Crippen molar-refractivity contribution in [3.05, 3.63) is 27.7 Å². The Kier molecular flexibility index (Phi) is 6.16. The van der Waals surface area contributed by atoms with Gasteiger partial charge in [0.15, 0.2) is 0 Å². The van der Waals surface area contributed by atoms with Gasteiger partial charge < -0.3 is 10.1 Å². The van der Waals surface area contributed by atoms with E-state index in [0.29, 0.717) is 5.92 Å². The molecule has 0 fully saturated rings. The lowest BCUT2D eigenvalue weighted by Crippen LogP contribution is -2.35. The second-order valence-corrected chi connectivity index (χ2v) is 5.87. The van der Waals surface area contributed by atoms with Crippen LogP contribution in [0.1, 0.15) is 31.9 Å². The number of hydrogen-bond donors (Lipinski definition) is 1. The highest BCUT2D eigenvalue weighted by Gasteiger charge is 2.15. The van der Waals surface area contributed by atoms with Crippen molar-refractivity contribution in [2.24, 2.45) is 5.92 Å². The van der Waals surface area contributed by atoms with Gasteiger partial charge in [0.2, 0.25) is 0 Å². The highest BCUT2D eigenvalue weighted by atomic mass is 79.9. The lowest BCUT2D eigenvalue weighted by molar-refractivity contribution is 0.149. The van der Waals surface area contributed by atoms with Crippen LogP contribution in [0.25, 0.3) is 0 Å². The summed E-state index contributed by atoms with van der Waals surface area (Å²) in [5, 5.41) is 3.36. The molecule has 0 bridgehead atoms. The monoisotopic (exact) mass is 313 g/mol. The Morgan fingerprint density at radius 1 is 1.22 bits per heavy atom. The van der Waals surface area contributed by atoms with Crippen molar-refractivity contribution in [2.75, 3.05) is 13.1 Å². The summed E-state index contributed by atoms with van der Waals surface area (Å²) in [4.78, 5) is 0. The van der Waals surface area contributed by atoms with Crippen LogP contribution < -0.4 is 10.1 Å². The summed E-state index contributed by atoms with van der Waals surface area (Å²) < 4.78 is 7.28. The summed E-state index contributed by atoms with van der Waals surface area (Å²) in [5.74, 6) is 1.46. The van der Waals surface area contributed by atoms with Crippen molar-refractivity contribution >= 4 is 15.9 Å². The molecule has 1 rings (SSSR count). The maximum absolute atomic E-state index is 6.11. The van der Waals surface area contributed by atoms with E-state index in [0.717, 1.165) is 18.8 Å². The summed E-state index contributed by atoms with van der Waals surface area (Å²) in [6.45, 7) is 12.6. The second-order valence-electron chi connectivity index (χ2n) is 5.08. The molecule has 1 aromatic carbocycles. The summed E-state index contributed by atoms with van der Waals surface area (Å²) in [7, 11) is 0. The van der Waals surface area contributed by atoms with Crippen LogP contribution in [0.3, 0.4) is 0 Å². The minimum Gasteiger partial charge on any atom is -0.489 e. The Morgan fingerprint density at radius 2 is 1.78 bits per heavy atom. The van der Waals surface area contributed by atoms with E-state index in [4.69, 9.17) is 4.74 Å². The number of rotatable bonds is 6. The highest BCUT2D eigenvalue weighted by molar-refractivity contribution is 9.10. The molecule has 1 N–H and O–H groups in total. The normalized spacial score (nSPS) is 12.8. The predicted molar refractivity (Wildman–Crippen MR) is 81.4 cm³/mol. The first kappa shape index (κ1) is 15.5. The zero-order valence-corrected chi connectivity index (χ0v) is 13.6. The molecule has 0 aromatic heterocycles. The molecule has 2 nitrogen and oxygen atoms in total. The summed E-state index contributed by atoms with van der Waals surface area (Å²) in [5.41, 5.74) is 2.44. The van der Waals surface area contributed by atoms with Crippen LogP contribution in [0.5, 0.6) is 5.75 Å². The van der Waals surface area contributed by atoms with Crippen LogP contribution in [-0.2, 0) is 0 Å². The van der Waals surface area contributed by atoms with Gasteiger partial charge in [0.1, 0.15) is 11.9 Å². The highest BCUT2D eigenvalue weighted by Crippen LogP contribution is 2.27. The molecule has 1 unspecified atom stereocenters. The molecule has 0 heterocycles. The summed E-state index contributed by atoms with van der Waals surface area (Å²) in [6.07, 6.45) is 0.213. The number of nitrogens with one attached hydrogen (secondary N) is 1. The third-order valence-corrected chi connectivity index (χ3v) is 4.29. The van der Waals surface area contributed by atoms with Crippen LogP contribution in [0.4, 0.5) is 0 Å². The van der Waals surface area contributed by atoms with E-state index in [1.54, 1.807) is 0 Å². The molecule has 1 atom stereocenters. The molecular weight excluding hydrogens is 290 g/mol. The first-order valence-corrected chi connectivity index (χ1v) is 7.39. The zero-order valence-electron chi connectivity index (χ0n) is 12.0. The van der Waals surface area contributed by atoms with Crippen molar-refractivity contribution in [2.45, 2.75) is 40.7 Å². The molecule has 0 saturated heterocycles. The van der Waals surface area contributed by atoms with Gasteiger partial charge in [-0.25, -0.2) is 0 Å². The van der Waals surface area contributed by atoms with Gasteiger partial charge in [-0.3, -0.25) is 0 Å². The van der Waals surface area contributed by atoms with E-state index >= 15 is 0 Å². The van der Waals surface area contributed by atoms with Crippen molar-refractivity contribution < 1.29 is 4.74 Å². The molecule has 1 aromatic rings. The van der Waals surface area contributed by atoms with Crippen LogP contribution in [0.15, 0.2) is 16.6 Å². The number of likely N-dealkylation sites (N-methyl/N-ethyl adjacent to an activating group) is 1. The number of ether oxygens (including phenoxy) is 1. The summed E-state index contributed by atoms with van der Waals surface area (Å²) >= 11 is 3.58. The van der Waals surface area contributed by atoms with E-state index in [1.807, 2.05) is 0 Å². The Hall–Kier alpha value is -0.540. The number of halogens is 1. The molecule has 0 radical (unpaired) electrons. The van der Waals surface area contributed by atoms with Crippen molar-refractivity contribution in [1.29, 1.82) is 0 Å². The van der Waals surface area contributed by atoms with Gasteiger partial charge >= 0.3 is 0 Å². The summed E-state index contributed by atoms with van der Waals surface area (Å²) in [6, 6.07) is 4.19. The fourth-order valence-electron chi connectivity index (χ4n) is 1.85. The Labute approximate surface area is 119 Å². The van der Waals surface area contributed by atoms with Crippen LogP contribution >= 0.6 is 15.9 Å². The fourth-order valence-corrected chi connectivity index (χ4v) is 2.08. The van der Waals surface area contributed by atoms with Crippen molar-refractivity contribution in [3.8, 4) is 5.75 Å². The van der Waals surface area contributed by atoms with E-state index in [2.05, 4.69) is 68.0 Å². The zero-order chi connectivity index (χ0) is 13.7. The fraction of sp³-hybridized carbons (Fsp3) is 0.600. The quantitative estimate of drug-likeness (QED) is 0.854. The maximum Gasteiger partial charge on any atom is 0.120 e. The number of benzene rings is 1. The van der Waals surface area contributed by atoms with E-state index < -0.39 is 0 Å². The minimum atomic E-state index is 0.213. The average Bonchev–Trinajstić information content (AvgIpc) is 2.30. The molecule has 0 amide bonds. The minimum absolute atomic E-state index is 0.213. The lowest BCUT2D eigenvalue weighted by atomic mass is 10.1. The number of hydrogen-bond acceptors (Lipinski definition) is 2. The molecule has 0 aliphatic rings. The largest absolute Gasteiger partial charge is 0.489 e. The SMILES string of the molecule is CCNCC(Oc1cc(C)c(Br)c(C)c1)C(C)C. The Morgan fingerprint density at radius 3 is 2.22 bits per heavy atom. The standard InChI is InChI=1S/C15H24BrNO/c1-6-17-9-14(10(2)3)18-13-7-11(4)15(16)12(5)8-13/h7-8,10,14,17H,6,9H2,1-5H3. The first-order chi connectivity index (χ1) is 8.45. The average molecular weight is 314 g/mol. The van der Waals surface area contributed by atoms with Crippen LogP contribution in [0.2, 0.25) is 0 Å². The molecule has 0 aliphatic heterocycles. The smallest absolute Gasteiger partial charge is 0.120 e. The van der Waals surface area contributed by atoms with Crippen LogP contribution in [0, 0.1) is 19.8 Å². The van der Waals surface area contributed by atoms with Gasteiger partial charge in [-0.05, 0) is 49.6 Å². The van der Waals surface area contributed by atoms with E-state index in [1.165, 1.54) is 15.6 Å². The Balaban J connectivity index is 2.80. The predicted octanol–water partition coefficient (Wildman–Crippen LogP) is 4.08. The van der Waals surface area contributed by atoms with Gasteiger partial charge in [0, 0.05) is 11.0 Å². The van der Waals surface area contributed by atoms with Gasteiger partial charge in [-0.2, -0.15) is 0 Å². The molecule has 102 valence electrons. The molecular formula is C15H24BrNO. The van der Waals surface area contributed by atoms with Gasteiger partial charge in [0.25, 0.3) is 0 Å². The van der Waals surface area contributed by atoms with Gasteiger partial charge in [-0.1, -0.05) is 36.7 Å². The van der Waals surface area contributed by atoms with Gasteiger partial charge in [-0.15, -0.1) is 0 Å². The molecule has 0 spiro atoms.